The van der Waals surface area contributed by atoms with E-state index >= 15 is 0 Å². The van der Waals surface area contributed by atoms with E-state index in [4.69, 9.17) is 0 Å². The quantitative estimate of drug-likeness (QED) is 0.936. The summed E-state index contributed by atoms with van der Waals surface area (Å²) in [5.41, 5.74) is 1.88. The van der Waals surface area contributed by atoms with Gasteiger partial charge in [0.2, 0.25) is 0 Å². The molecule has 4 nitrogen and oxygen atoms in total. The molecular weight excluding hydrogens is 267 g/mol. The standard InChI is InChI=1S/C16H21FN4/c1-20-16-8-12(17)2-3-13(16)14(19-20)9-18-15-10-21-6-4-11(15)5-7-21/h2-3,8,11,15,18H,4-7,9-10H2,1H3/t15-/m0/s1. The number of piperidine rings is 3. The molecule has 4 heterocycles. The first-order valence-corrected chi connectivity index (χ1v) is 7.77. The van der Waals surface area contributed by atoms with Crippen LogP contribution in [0.3, 0.4) is 0 Å². The molecule has 2 aromatic rings. The number of nitrogens with zero attached hydrogens (tertiary/aromatic N) is 3. The van der Waals surface area contributed by atoms with Gasteiger partial charge in [0.15, 0.2) is 0 Å². The van der Waals surface area contributed by atoms with Crippen LogP contribution in [0.1, 0.15) is 18.5 Å². The number of hydrogen-bond donors (Lipinski definition) is 1. The van der Waals surface area contributed by atoms with E-state index in [0.717, 1.165) is 35.6 Å². The number of nitrogens with one attached hydrogen (secondary N) is 1. The summed E-state index contributed by atoms with van der Waals surface area (Å²) in [5.74, 6) is 0.602. The van der Waals surface area contributed by atoms with Crippen LogP contribution in [0.15, 0.2) is 18.2 Å². The van der Waals surface area contributed by atoms with E-state index in [-0.39, 0.29) is 5.82 Å². The Morgan fingerprint density at radius 1 is 1.33 bits per heavy atom. The first-order chi connectivity index (χ1) is 10.2. The Hall–Kier alpha value is -1.46. The summed E-state index contributed by atoms with van der Waals surface area (Å²) in [7, 11) is 1.87. The number of fused-ring (bicyclic) bond motifs is 4. The van der Waals surface area contributed by atoms with Crippen LogP contribution in [0.5, 0.6) is 0 Å². The summed E-state index contributed by atoms with van der Waals surface area (Å²) in [5, 5.41) is 9.28. The summed E-state index contributed by atoms with van der Waals surface area (Å²) in [6.07, 6.45) is 2.62. The molecule has 0 spiro atoms. The number of aromatic nitrogens is 2. The third-order valence-corrected chi connectivity index (χ3v) is 5.08. The van der Waals surface area contributed by atoms with Crippen molar-refractivity contribution in [3.63, 3.8) is 0 Å². The van der Waals surface area contributed by atoms with Crippen molar-refractivity contribution < 1.29 is 4.39 Å². The largest absolute Gasteiger partial charge is 0.307 e. The Balaban J connectivity index is 1.52. The van der Waals surface area contributed by atoms with Crippen molar-refractivity contribution in [2.24, 2.45) is 13.0 Å². The van der Waals surface area contributed by atoms with E-state index in [9.17, 15) is 4.39 Å². The maximum absolute atomic E-state index is 13.3. The van der Waals surface area contributed by atoms with Crippen molar-refractivity contribution in [2.45, 2.75) is 25.4 Å². The number of rotatable bonds is 3. The molecule has 3 fully saturated rings. The van der Waals surface area contributed by atoms with E-state index in [1.807, 2.05) is 13.1 Å². The minimum absolute atomic E-state index is 0.206. The molecule has 3 aliphatic heterocycles. The van der Waals surface area contributed by atoms with Gasteiger partial charge in [-0.15, -0.1) is 0 Å². The van der Waals surface area contributed by atoms with E-state index in [2.05, 4.69) is 15.3 Å². The first-order valence-electron chi connectivity index (χ1n) is 7.77. The molecular formula is C16H21FN4. The van der Waals surface area contributed by atoms with Gasteiger partial charge in [0.25, 0.3) is 0 Å². The average molecular weight is 288 g/mol. The van der Waals surface area contributed by atoms with Crippen LogP contribution in [-0.4, -0.2) is 40.4 Å². The molecule has 3 aliphatic rings. The summed E-state index contributed by atoms with van der Waals surface area (Å²) >= 11 is 0. The zero-order valence-corrected chi connectivity index (χ0v) is 12.3. The monoisotopic (exact) mass is 288 g/mol. The van der Waals surface area contributed by atoms with Gasteiger partial charge in [-0.1, -0.05) is 0 Å². The maximum atomic E-state index is 13.3. The Labute approximate surface area is 123 Å². The van der Waals surface area contributed by atoms with Crippen molar-refractivity contribution >= 4 is 10.9 Å². The molecule has 0 unspecified atom stereocenters. The molecule has 21 heavy (non-hydrogen) atoms. The zero-order chi connectivity index (χ0) is 14.4. The smallest absolute Gasteiger partial charge is 0.125 e. The van der Waals surface area contributed by atoms with Gasteiger partial charge in [0.1, 0.15) is 5.82 Å². The Bertz CT molecular complexity index is 658. The highest BCUT2D eigenvalue weighted by Gasteiger charge is 2.33. The van der Waals surface area contributed by atoms with Crippen molar-refractivity contribution in [1.29, 1.82) is 0 Å². The molecule has 1 atom stereocenters. The van der Waals surface area contributed by atoms with Crippen LogP contribution in [0.25, 0.3) is 10.9 Å². The Morgan fingerprint density at radius 2 is 2.14 bits per heavy atom. The van der Waals surface area contributed by atoms with Crippen LogP contribution in [0, 0.1) is 11.7 Å². The van der Waals surface area contributed by atoms with E-state index in [1.54, 1.807) is 10.7 Å². The van der Waals surface area contributed by atoms with Crippen molar-refractivity contribution in [3.05, 3.63) is 29.7 Å². The van der Waals surface area contributed by atoms with Crippen LogP contribution in [0.2, 0.25) is 0 Å². The highest BCUT2D eigenvalue weighted by molar-refractivity contribution is 5.81. The van der Waals surface area contributed by atoms with E-state index in [0.29, 0.717) is 6.04 Å². The van der Waals surface area contributed by atoms with Crippen molar-refractivity contribution in [3.8, 4) is 0 Å². The topological polar surface area (TPSA) is 33.1 Å². The summed E-state index contributed by atoms with van der Waals surface area (Å²) in [6, 6.07) is 5.48. The fourth-order valence-electron chi connectivity index (χ4n) is 3.86. The molecule has 3 saturated heterocycles. The van der Waals surface area contributed by atoms with E-state index < -0.39 is 0 Å². The number of aryl methyl sites for hydroxylation is 1. The van der Waals surface area contributed by atoms with Crippen LogP contribution >= 0.6 is 0 Å². The minimum Gasteiger partial charge on any atom is -0.307 e. The highest BCUT2D eigenvalue weighted by atomic mass is 19.1. The first kappa shape index (κ1) is 13.2. The minimum atomic E-state index is -0.206. The lowest BCUT2D eigenvalue weighted by molar-refractivity contribution is 0.0719. The fraction of sp³-hybridized carbons (Fsp3) is 0.562. The van der Waals surface area contributed by atoms with Crippen molar-refractivity contribution in [1.82, 2.24) is 20.0 Å². The molecule has 1 N–H and O–H groups in total. The van der Waals surface area contributed by atoms with Gasteiger partial charge in [-0.25, -0.2) is 4.39 Å². The zero-order valence-electron chi connectivity index (χ0n) is 12.3. The third kappa shape index (κ3) is 2.34. The van der Waals surface area contributed by atoms with Gasteiger partial charge in [-0.05, 0) is 50.0 Å². The summed E-state index contributed by atoms with van der Waals surface area (Å²) < 4.78 is 15.1. The van der Waals surface area contributed by atoms with Gasteiger partial charge >= 0.3 is 0 Å². The molecule has 0 aliphatic carbocycles. The fourth-order valence-corrected chi connectivity index (χ4v) is 3.86. The second-order valence-corrected chi connectivity index (χ2v) is 6.36. The van der Waals surface area contributed by atoms with Crippen LogP contribution in [-0.2, 0) is 13.6 Å². The van der Waals surface area contributed by atoms with Gasteiger partial charge in [0, 0.05) is 31.6 Å². The molecule has 0 amide bonds. The summed E-state index contributed by atoms with van der Waals surface area (Å²) in [6.45, 7) is 4.44. The Kier molecular flexibility index (Phi) is 3.19. The third-order valence-electron chi connectivity index (χ3n) is 5.08. The molecule has 1 aromatic carbocycles. The highest BCUT2D eigenvalue weighted by Crippen LogP contribution is 2.28. The van der Waals surface area contributed by atoms with Gasteiger partial charge in [0.05, 0.1) is 11.2 Å². The second-order valence-electron chi connectivity index (χ2n) is 6.36. The van der Waals surface area contributed by atoms with Crippen molar-refractivity contribution in [2.75, 3.05) is 19.6 Å². The predicted molar refractivity (Wildman–Crippen MR) is 80.5 cm³/mol. The number of benzene rings is 1. The maximum Gasteiger partial charge on any atom is 0.125 e. The normalized spacial score (nSPS) is 28.4. The lowest BCUT2D eigenvalue weighted by atomic mass is 9.84. The number of hydrogen-bond acceptors (Lipinski definition) is 3. The molecule has 5 rings (SSSR count). The Morgan fingerprint density at radius 3 is 2.86 bits per heavy atom. The lowest BCUT2D eigenvalue weighted by Gasteiger charge is -2.45. The van der Waals surface area contributed by atoms with E-state index in [1.165, 1.54) is 32.0 Å². The molecule has 1 aromatic heterocycles. The van der Waals surface area contributed by atoms with Gasteiger partial charge in [-0.3, -0.25) is 4.68 Å². The van der Waals surface area contributed by atoms with Crippen LogP contribution in [0.4, 0.5) is 4.39 Å². The summed E-state index contributed by atoms with van der Waals surface area (Å²) in [4.78, 5) is 2.55. The molecule has 5 heteroatoms. The lowest BCUT2D eigenvalue weighted by Crippen LogP contribution is -2.55. The SMILES string of the molecule is Cn1nc(CN[C@H]2CN3CCC2CC3)c2ccc(F)cc21. The average Bonchev–Trinajstić information content (AvgIpc) is 2.82. The van der Waals surface area contributed by atoms with Crippen LogP contribution < -0.4 is 5.32 Å². The molecule has 112 valence electrons. The van der Waals surface area contributed by atoms with Gasteiger partial charge in [-0.2, -0.15) is 5.10 Å². The van der Waals surface area contributed by atoms with Gasteiger partial charge < -0.3 is 10.2 Å². The predicted octanol–water partition coefficient (Wildman–Crippen LogP) is 1.90. The second kappa shape index (κ2) is 5.07. The number of halogens is 1. The molecule has 0 radical (unpaired) electrons. The molecule has 2 bridgehead atoms. The molecule has 0 saturated carbocycles.